The summed E-state index contributed by atoms with van der Waals surface area (Å²) >= 11 is 0. The molecule has 0 saturated heterocycles. The van der Waals surface area contributed by atoms with Crippen molar-refractivity contribution >= 4 is 15.9 Å². The number of primary amides is 1. The Bertz CT molecular complexity index is 365. The van der Waals surface area contributed by atoms with Gasteiger partial charge in [0.25, 0.3) is 0 Å². The van der Waals surface area contributed by atoms with Gasteiger partial charge in [0.2, 0.25) is 0 Å². The maximum absolute atomic E-state index is 11.8. The van der Waals surface area contributed by atoms with E-state index in [1.165, 1.54) is 0 Å². The van der Waals surface area contributed by atoms with E-state index < -0.39 is 32.2 Å². The van der Waals surface area contributed by atoms with Crippen molar-refractivity contribution in [1.29, 1.82) is 0 Å². The quantitative estimate of drug-likeness (QED) is 0.819. The number of rotatable bonds is 3. The zero-order valence-corrected chi connectivity index (χ0v) is 11.5. The van der Waals surface area contributed by atoms with Gasteiger partial charge in [-0.05, 0) is 19.3 Å². The molecule has 0 aliphatic rings. The van der Waals surface area contributed by atoms with E-state index in [0.717, 1.165) is 6.26 Å². The SMILES string of the molecule is CC(C)(C)C(C(C)(C)OC(N)=O)S(C)(=O)=O. The molecule has 1 unspecified atom stereocenters. The van der Waals surface area contributed by atoms with Gasteiger partial charge in [0.15, 0.2) is 9.84 Å². The van der Waals surface area contributed by atoms with Gasteiger partial charge >= 0.3 is 6.09 Å². The molecule has 0 aliphatic heterocycles. The van der Waals surface area contributed by atoms with Crippen LogP contribution in [0.5, 0.6) is 0 Å². The lowest BCUT2D eigenvalue weighted by atomic mass is 9.83. The van der Waals surface area contributed by atoms with Crippen LogP contribution in [0.25, 0.3) is 0 Å². The summed E-state index contributed by atoms with van der Waals surface area (Å²) in [6, 6.07) is 0. The first-order valence-electron chi connectivity index (χ1n) is 4.96. The van der Waals surface area contributed by atoms with Crippen LogP contribution in [0.1, 0.15) is 34.6 Å². The van der Waals surface area contributed by atoms with E-state index >= 15 is 0 Å². The van der Waals surface area contributed by atoms with E-state index in [0.29, 0.717) is 0 Å². The van der Waals surface area contributed by atoms with Crippen LogP contribution in [0.4, 0.5) is 4.79 Å². The van der Waals surface area contributed by atoms with Crippen LogP contribution in [0.15, 0.2) is 0 Å². The molecule has 0 saturated carbocycles. The molecular formula is C10H21NO4S. The third-order valence-electron chi connectivity index (χ3n) is 2.21. The molecule has 1 atom stereocenters. The highest BCUT2D eigenvalue weighted by atomic mass is 32.2. The van der Waals surface area contributed by atoms with Gasteiger partial charge in [0.05, 0.1) is 0 Å². The summed E-state index contributed by atoms with van der Waals surface area (Å²) in [5, 5.41) is -0.819. The van der Waals surface area contributed by atoms with Crippen molar-refractivity contribution in [3.63, 3.8) is 0 Å². The van der Waals surface area contributed by atoms with Crippen molar-refractivity contribution in [1.82, 2.24) is 0 Å². The van der Waals surface area contributed by atoms with E-state index in [1.807, 2.05) is 0 Å². The lowest BCUT2D eigenvalue weighted by Gasteiger charge is -2.40. The van der Waals surface area contributed by atoms with Crippen molar-refractivity contribution in [2.75, 3.05) is 6.26 Å². The van der Waals surface area contributed by atoms with Crippen molar-refractivity contribution in [2.45, 2.75) is 45.5 Å². The summed E-state index contributed by atoms with van der Waals surface area (Å²) in [5.74, 6) is 0. The van der Waals surface area contributed by atoms with Gasteiger partial charge in [-0.1, -0.05) is 20.8 Å². The van der Waals surface area contributed by atoms with E-state index in [2.05, 4.69) is 0 Å². The Hall–Kier alpha value is -0.780. The molecule has 0 aliphatic carbocycles. The Morgan fingerprint density at radius 2 is 1.56 bits per heavy atom. The third kappa shape index (κ3) is 4.00. The fourth-order valence-corrected chi connectivity index (χ4v) is 4.88. The first kappa shape index (κ1) is 15.2. The predicted molar refractivity (Wildman–Crippen MR) is 62.8 cm³/mol. The van der Waals surface area contributed by atoms with Crippen LogP contribution in [0.3, 0.4) is 0 Å². The third-order valence-corrected chi connectivity index (χ3v) is 4.34. The summed E-state index contributed by atoms with van der Waals surface area (Å²) < 4.78 is 28.5. The molecule has 0 aromatic carbocycles. The molecule has 0 radical (unpaired) electrons. The zero-order chi connectivity index (χ0) is 13.4. The molecule has 0 rings (SSSR count). The molecule has 96 valence electrons. The van der Waals surface area contributed by atoms with E-state index in [4.69, 9.17) is 10.5 Å². The normalized spacial score (nSPS) is 15.6. The van der Waals surface area contributed by atoms with Crippen LogP contribution < -0.4 is 5.73 Å². The average Bonchev–Trinajstić information content (AvgIpc) is 1.70. The van der Waals surface area contributed by atoms with E-state index in [1.54, 1.807) is 34.6 Å². The number of nitrogens with two attached hydrogens (primary N) is 1. The molecule has 0 aromatic rings. The van der Waals surface area contributed by atoms with Gasteiger partial charge in [-0.2, -0.15) is 0 Å². The second kappa shape index (κ2) is 4.24. The van der Waals surface area contributed by atoms with Crippen LogP contribution >= 0.6 is 0 Å². The Morgan fingerprint density at radius 1 is 1.19 bits per heavy atom. The lowest BCUT2D eigenvalue weighted by Crippen LogP contribution is -2.52. The van der Waals surface area contributed by atoms with Crippen LogP contribution in [0, 0.1) is 5.41 Å². The van der Waals surface area contributed by atoms with E-state index in [-0.39, 0.29) is 0 Å². The first-order chi connectivity index (χ1) is 6.78. The fourth-order valence-electron chi connectivity index (χ4n) is 2.51. The van der Waals surface area contributed by atoms with Gasteiger partial charge in [0, 0.05) is 6.26 Å². The summed E-state index contributed by atoms with van der Waals surface area (Å²) in [4.78, 5) is 10.8. The van der Waals surface area contributed by atoms with Gasteiger partial charge in [-0.15, -0.1) is 0 Å². The molecule has 16 heavy (non-hydrogen) atoms. The summed E-state index contributed by atoms with van der Waals surface area (Å²) in [6.07, 6.45) is 0.164. The molecule has 5 nitrogen and oxygen atoms in total. The Kier molecular flexibility index (Phi) is 4.03. The Labute approximate surface area is 97.3 Å². The smallest absolute Gasteiger partial charge is 0.405 e. The van der Waals surface area contributed by atoms with Gasteiger partial charge in [0.1, 0.15) is 10.9 Å². The molecular weight excluding hydrogens is 230 g/mol. The number of hydrogen-bond acceptors (Lipinski definition) is 4. The summed E-state index contributed by atoms with van der Waals surface area (Å²) in [5.41, 5.74) is 3.24. The highest BCUT2D eigenvalue weighted by Crippen LogP contribution is 2.35. The van der Waals surface area contributed by atoms with E-state index in [9.17, 15) is 13.2 Å². The standard InChI is InChI=1S/C10H21NO4S/c1-9(2,3)7(16(6,13)14)10(4,5)15-8(11)12/h7H,1-6H3,(H2,11,12). The number of amides is 1. The Morgan fingerprint density at radius 3 is 1.75 bits per heavy atom. The van der Waals surface area contributed by atoms with Crippen LogP contribution in [-0.4, -0.2) is 31.6 Å². The fraction of sp³-hybridized carbons (Fsp3) is 0.900. The lowest BCUT2D eigenvalue weighted by molar-refractivity contribution is 0.0195. The monoisotopic (exact) mass is 251 g/mol. The second-order valence-electron chi connectivity index (χ2n) is 5.60. The number of carbonyl (C=O) groups is 1. The van der Waals surface area contributed by atoms with Gasteiger partial charge in [-0.3, -0.25) is 0 Å². The molecule has 0 heterocycles. The Balaban J connectivity index is 5.46. The van der Waals surface area contributed by atoms with Crippen molar-refractivity contribution < 1.29 is 17.9 Å². The van der Waals surface area contributed by atoms with Crippen molar-refractivity contribution in [3.05, 3.63) is 0 Å². The highest BCUT2D eigenvalue weighted by Gasteiger charge is 2.47. The minimum Gasteiger partial charge on any atom is -0.442 e. The molecule has 0 bridgehead atoms. The second-order valence-corrected chi connectivity index (χ2v) is 7.73. The maximum atomic E-state index is 11.8. The van der Waals surface area contributed by atoms with Gasteiger partial charge in [-0.25, -0.2) is 13.2 Å². The molecule has 6 heteroatoms. The first-order valence-corrected chi connectivity index (χ1v) is 6.91. The molecule has 1 amide bonds. The van der Waals surface area contributed by atoms with Crippen molar-refractivity contribution in [2.24, 2.45) is 11.1 Å². The molecule has 2 N–H and O–H groups in total. The minimum atomic E-state index is -3.36. The predicted octanol–water partition coefficient (Wildman–Crippen LogP) is 1.32. The highest BCUT2D eigenvalue weighted by molar-refractivity contribution is 7.91. The number of ether oxygens (including phenoxy) is 1. The molecule has 0 spiro atoms. The molecule has 0 fully saturated rings. The minimum absolute atomic E-state index is 0.549. The van der Waals surface area contributed by atoms with Crippen molar-refractivity contribution in [3.8, 4) is 0 Å². The average molecular weight is 251 g/mol. The maximum Gasteiger partial charge on any atom is 0.405 e. The largest absolute Gasteiger partial charge is 0.442 e. The van der Waals surface area contributed by atoms with Crippen LogP contribution in [-0.2, 0) is 14.6 Å². The van der Waals surface area contributed by atoms with Gasteiger partial charge < -0.3 is 10.5 Å². The summed E-state index contributed by atoms with van der Waals surface area (Å²) in [6.45, 7) is 8.45. The number of sulfone groups is 1. The summed E-state index contributed by atoms with van der Waals surface area (Å²) in [7, 11) is -3.36. The molecule has 0 aromatic heterocycles. The number of carbonyl (C=O) groups excluding carboxylic acids is 1. The topological polar surface area (TPSA) is 86.5 Å². The van der Waals surface area contributed by atoms with Crippen LogP contribution in [0.2, 0.25) is 0 Å². The number of hydrogen-bond donors (Lipinski definition) is 1. The zero-order valence-electron chi connectivity index (χ0n) is 10.7.